The number of aliphatic hydroxyl groups excluding tert-OH is 1. The molecule has 0 aliphatic carbocycles. The molecule has 34 heavy (non-hydrogen) atoms. The van der Waals surface area contributed by atoms with Gasteiger partial charge in [-0.25, -0.2) is 15.0 Å². The van der Waals surface area contributed by atoms with Gasteiger partial charge in [-0.3, -0.25) is 9.88 Å². The van der Waals surface area contributed by atoms with Crippen molar-refractivity contribution in [2.45, 2.75) is 45.2 Å². The molecule has 3 aromatic rings. The number of piperazine rings is 1. The third-order valence-corrected chi connectivity index (χ3v) is 6.40. The zero-order chi connectivity index (χ0) is 24.1. The Kier molecular flexibility index (Phi) is 7.50. The number of hydrogen-bond donors (Lipinski definition) is 3. The van der Waals surface area contributed by atoms with Crippen molar-refractivity contribution in [3.8, 4) is 11.1 Å². The highest BCUT2D eigenvalue weighted by Crippen LogP contribution is 2.28. The van der Waals surface area contributed by atoms with Crippen molar-refractivity contribution in [3.63, 3.8) is 0 Å². The summed E-state index contributed by atoms with van der Waals surface area (Å²) in [5, 5.41) is 13.3. The van der Waals surface area contributed by atoms with Gasteiger partial charge in [-0.2, -0.15) is 4.98 Å². The van der Waals surface area contributed by atoms with Crippen LogP contribution < -0.4 is 11.1 Å². The van der Waals surface area contributed by atoms with E-state index in [2.05, 4.69) is 54.0 Å². The molecular formula is C24H35N9O. The molecule has 0 saturated carbocycles. The van der Waals surface area contributed by atoms with Crippen LogP contribution >= 0.6 is 0 Å². The maximum absolute atomic E-state index is 9.97. The lowest BCUT2D eigenvalue weighted by Crippen LogP contribution is -2.44. The van der Waals surface area contributed by atoms with E-state index in [1.807, 2.05) is 25.4 Å². The lowest BCUT2D eigenvalue weighted by atomic mass is 9.96. The van der Waals surface area contributed by atoms with E-state index in [1.54, 1.807) is 6.20 Å². The molecular weight excluding hydrogens is 430 g/mol. The highest BCUT2D eigenvalue weighted by molar-refractivity contribution is 5.89. The van der Waals surface area contributed by atoms with Crippen molar-refractivity contribution >= 4 is 22.8 Å². The molecule has 3 aromatic heterocycles. The Morgan fingerprint density at radius 3 is 2.44 bits per heavy atom. The minimum Gasteiger partial charge on any atom is -0.394 e. The molecule has 10 heteroatoms. The largest absolute Gasteiger partial charge is 0.394 e. The van der Waals surface area contributed by atoms with Crippen LogP contribution in [0.4, 0.5) is 11.8 Å². The first kappa shape index (κ1) is 24.2. The summed E-state index contributed by atoms with van der Waals surface area (Å²) in [5.41, 5.74) is 8.46. The summed E-state index contributed by atoms with van der Waals surface area (Å²) in [5.74, 6) is 1.50. The third-order valence-electron chi connectivity index (χ3n) is 6.40. The van der Waals surface area contributed by atoms with Crippen molar-refractivity contribution in [2.75, 3.05) is 50.9 Å². The maximum Gasteiger partial charge on any atom is 0.222 e. The van der Waals surface area contributed by atoms with E-state index in [9.17, 15) is 5.11 Å². The van der Waals surface area contributed by atoms with E-state index in [-0.39, 0.29) is 12.6 Å². The molecule has 0 unspecified atom stereocenters. The number of likely N-dealkylation sites (N-methyl/N-ethyl adjacent to an activating group) is 1. The van der Waals surface area contributed by atoms with Gasteiger partial charge >= 0.3 is 0 Å². The topological polar surface area (TPSA) is 129 Å². The number of nitrogens with two attached hydrogens (primary N) is 1. The van der Waals surface area contributed by atoms with Crippen LogP contribution in [0.2, 0.25) is 0 Å². The summed E-state index contributed by atoms with van der Waals surface area (Å²) in [6, 6.07) is 1.92. The minimum absolute atomic E-state index is 0.0195. The van der Waals surface area contributed by atoms with Gasteiger partial charge in [0.15, 0.2) is 5.82 Å². The van der Waals surface area contributed by atoms with Crippen molar-refractivity contribution in [3.05, 3.63) is 30.5 Å². The molecule has 0 aromatic carbocycles. The van der Waals surface area contributed by atoms with Crippen LogP contribution in [-0.4, -0.2) is 85.2 Å². The van der Waals surface area contributed by atoms with Crippen LogP contribution in [0.1, 0.15) is 38.9 Å². The molecule has 4 N–H and O–H groups in total. The van der Waals surface area contributed by atoms with Crippen molar-refractivity contribution in [2.24, 2.45) is 0 Å². The van der Waals surface area contributed by atoms with Gasteiger partial charge in [-0.1, -0.05) is 19.8 Å². The lowest BCUT2D eigenvalue weighted by molar-refractivity contribution is 0.145. The fourth-order valence-corrected chi connectivity index (χ4v) is 4.11. The smallest absolute Gasteiger partial charge is 0.222 e. The summed E-state index contributed by atoms with van der Waals surface area (Å²) in [6.07, 6.45) is 8.28. The molecule has 0 bridgehead atoms. The number of pyridine rings is 1. The number of hydrogen-bond acceptors (Lipinski definition) is 10. The molecule has 1 fully saturated rings. The van der Waals surface area contributed by atoms with Gasteiger partial charge < -0.3 is 21.1 Å². The Balaban J connectivity index is 1.54. The average molecular weight is 466 g/mol. The quantitative estimate of drug-likeness (QED) is 0.432. The van der Waals surface area contributed by atoms with E-state index in [0.29, 0.717) is 16.9 Å². The number of aliphatic hydroxyl groups is 1. The van der Waals surface area contributed by atoms with Gasteiger partial charge in [0.1, 0.15) is 11.3 Å². The number of fused-ring (bicyclic) bond motifs is 1. The van der Waals surface area contributed by atoms with Crippen LogP contribution in [0.5, 0.6) is 0 Å². The molecule has 1 saturated heterocycles. The van der Waals surface area contributed by atoms with Crippen molar-refractivity contribution in [1.29, 1.82) is 0 Å². The molecule has 4 heterocycles. The van der Waals surface area contributed by atoms with E-state index < -0.39 is 5.54 Å². The highest BCUT2D eigenvalue weighted by atomic mass is 16.3. The fourth-order valence-electron chi connectivity index (χ4n) is 4.11. The first-order valence-electron chi connectivity index (χ1n) is 11.9. The van der Waals surface area contributed by atoms with Crippen LogP contribution in [0.25, 0.3) is 22.2 Å². The summed E-state index contributed by atoms with van der Waals surface area (Å²) in [4.78, 5) is 27.3. The van der Waals surface area contributed by atoms with E-state index in [0.717, 1.165) is 68.9 Å². The van der Waals surface area contributed by atoms with Crippen LogP contribution in [0.3, 0.4) is 0 Å². The monoisotopic (exact) mass is 465 g/mol. The molecule has 0 radical (unpaired) electrons. The Morgan fingerprint density at radius 1 is 1.06 bits per heavy atom. The van der Waals surface area contributed by atoms with E-state index >= 15 is 0 Å². The molecule has 1 aliphatic heterocycles. The molecule has 4 rings (SSSR count). The Bertz CT molecular complexity index is 1100. The summed E-state index contributed by atoms with van der Waals surface area (Å²) >= 11 is 0. The van der Waals surface area contributed by atoms with Gasteiger partial charge in [-0.05, 0) is 26.5 Å². The van der Waals surface area contributed by atoms with Crippen LogP contribution in [0.15, 0.2) is 24.7 Å². The van der Waals surface area contributed by atoms with Crippen molar-refractivity contribution < 1.29 is 5.11 Å². The number of nitrogens with zero attached hydrogens (tertiary/aromatic N) is 7. The SMILES string of the molecule is CCCC[C@](C)(CO)Nc1nc(N)nc2cc(-c3cnc(CN4CCN(C)CC4)nc3)cnc12. The average Bonchev–Trinajstić information content (AvgIpc) is 2.84. The fraction of sp³-hybridized carbons (Fsp3) is 0.542. The molecule has 0 amide bonds. The number of aromatic nitrogens is 5. The predicted molar refractivity (Wildman–Crippen MR) is 134 cm³/mol. The van der Waals surface area contributed by atoms with Crippen LogP contribution in [0, 0.1) is 0 Å². The lowest BCUT2D eigenvalue weighted by Gasteiger charge is -2.31. The second-order valence-electron chi connectivity index (χ2n) is 9.44. The first-order valence-corrected chi connectivity index (χ1v) is 11.9. The predicted octanol–water partition coefficient (Wildman–Crippen LogP) is 2.16. The second-order valence-corrected chi connectivity index (χ2v) is 9.44. The zero-order valence-corrected chi connectivity index (χ0v) is 20.3. The Morgan fingerprint density at radius 2 is 1.76 bits per heavy atom. The van der Waals surface area contributed by atoms with Gasteiger partial charge in [-0.15, -0.1) is 0 Å². The number of anilines is 2. The Hall–Kier alpha value is -2.95. The number of unbranched alkanes of at least 4 members (excludes halogenated alkanes) is 1. The van der Waals surface area contributed by atoms with Crippen LogP contribution in [-0.2, 0) is 6.54 Å². The molecule has 182 valence electrons. The maximum atomic E-state index is 9.97. The molecule has 10 nitrogen and oxygen atoms in total. The number of rotatable bonds is 9. The zero-order valence-electron chi connectivity index (χ0n) is 20.3. The highest BCUT2D eigenvalue weighted by Gasteiger charge is 2.25. The normalized spacial score (nSPS) is 17.1. The standard InChI is InChI=1S/C24H35N9O/c1-4-5-6-24(2,16-34)31-22-21-19(29-23(25)30-22)11-17(12-28-21)18-13-26-20(27-14-18)15-33-9-7-32(3)8-10-33/h11-14,34H,4-10,15-16H2,1-3H3,(H3,25,29,30,31)/t24-/m1/s1. The van der Waals surface area contributed by atoms with Gasteiger partial charge in [0.05, 0.1) is 24.2 Å². The molecule has 0 spiro atoms. The molecule has 1 aliphatic rings. The summed E-state index contributed by atoms with van der Waals surface area (Å²) in [7, 11) is 2.15. The first-order chi connectivity index (χ1) is 16.4. The van der Waals surface area contributed by atoms with Gasteiger partial charge in [0, 0.05) is 55.9 Å². The van der Waals surface area contributed by atoms with Gasteiger partial charge in [0.2, 0.25) is 5.95 Å². The van der Waals surface area contributed by atoms with E-state index in [1.165, 1.54) is 0 Å². The minimum atomic E-state index is -0.516. The van der Waals surface area contributed by atoms with Crippen molar-refractivity contribution in [1.82, 2.24) is 34.7 Å². The molecule has 1 atom stereocenters. The van der Waals surface area contributed by atoms with E-state index in [4.69, 9.17) is 5.73 Å². The van der Waals surface area contributed by atoms with Gasteiger partial charge in [0.25, 0.3) is 0 Å². The number of nitrogens with one attached hydrogen (secondary N) is 1. The second kappa shape index (κ2) is 10.5. The number of nitrogen functional groups attached to an aromatic ring is 1. The Labute approximate surface area is 200 Å². The summed E-state index contributed by atoms with van der Waals surface area (Å²) < 4.78 is 0. The summed E-state index contributed by atoms with van der Waals surface area (Å²) in [6.45, 7) is 9.03. The third kappa shape index (κ3) is 5.75.